The molecule has 52 valence electrons. The van der Waals surface area contributed by atoms with Crippen molar-refractivity contribution in [3.8, 4) is 0 Å². The minimum Gasteiger partial charge on any atom is -0.454 e. The Morgan fingerprint density at radius 2 is 2.30 bits per heavy atom. The summed E-state index contributed by atoms with van der Waals surface area (Å²) in [5.41, 5.74) is 0.756. The maximum Gasteiger partial charge on any atom is 0.170 e. The van der Waals surface area contributed by atoms with E-state index in [0.29, 0.717) is 11.1 Å². The van der Waals surface area contributed by atoms with Crippen molar-refractivity contribution in [2.75, 3.05) is 0 Å². The van der Waals surface area contributed by atoms with Gasteiger partial charge in [0.2, 0.25) is 0 Å². The van der Waals surface area contributed by atoms with Gasteiger partial charge in [-0.1, -0.05) is 0 Å². The maximum atomic E-state index is 11.0. The van der Waals surface area contributed by atoms with Crippen LogP contribution in [0, 0.1) is 0 Å². The van der Waals surface area contributed by atoms with Crippen molar-refractivity contribution >= 4 is 21.7 Å². The van der Waals surface area contributed by atoms with E-state index in [0.717, 1.165) is 17.7 Å². The molecule has 1 aromatic rings. The van der Waals surface area contributed by atoms with E-state index in [2.05, 4.69) is 15.9 Å². The number of hydrogen-bond acceptors (Lipinski definition) is 2. The fourth-order valence-electron chi connectivity index (χ4n) is 1.18. The molecular formula is C7H5BrO2. The summed E-state index contributed by atoms with van der Waals surface area (Å²) in [4.78, 5) is 11.0. The lowest BCUT2D eigenvalue weighted by Crippen LogP contribution is -1.87. The third-order valence-corrected chi connectivity index (χ3v) is 2.05. The summed E-state index contributed by atoms with van der Waals surface area (Å²) in [6.45, 7) is 0. The standard InChI is InChI=1S/C7H5BrO2/c8-7-3-4-5(9)1-2-6(4)10-7/h3H,1-2H2. The zero-order valence-corrected chi connectivity index (χ0v) is 6.77. The van der Waals surface area contributed by atoms with Crippen molar-refractivity contribution in [3.63, 3.8) is 0 Å². The van der Waals surface area contributed by atoms with E-state index >= 15 is 0 Å². The van der Waals surface area contributed by atoms with Crippen molar-refractivity contribution in [1.29, 1.82) is 0 Å². The number of hydrogen-bond donors (Lipinski definition) is 0. The molecule has 0 radical (unpaired) electrons. The number of aryl methyl sites for hydroxylation is 1. The van der Waals surface area contributed by atoms with Crippen molar-refractivity contribution in [3.05, 3.63) is 22.1 Å². The third kappa shape index (κ3) is 0.736. The van der Waals surface area contributed by atoms with Gasteiger partial charge in [0, 0.05) is 18.9 Å². The first-order valence-electron chi connectivity index (χ1n) is 3.09. The highest BCUT2D eigenvalue weighted by molar-refractivity contribution is 9.10. The molecule has 0 aromatic carbocycles. The van der Waals surface area contributed by atoms with Gasteiger partial charge in [-0.2, -0.15) is 0 Å². The van der Waals surface area contributed by atoms with Gasteiger partial charge in [-0.3, -0.25) is 4.79 Å². The molecule has 2 nitrogen and oxygen atoms in total. The second-order valence-corrected chi connectivity index (χ2v) is 3.09. The molecule has 1 aromatic heterocycles. The molecule has 0 unspecified atom stereocenters. The van der Waals surface area contributed by atoms with Crippen LogP contribution in [0.4, 0.5) is 0 Å². The first-order chi connectivity index (χ1) is 4.77. The highest BCUT2D eigenvalue weighted by atomic mass is 79.9. The maximum absolute atomic E-state index is 11.0. The summed E-state index contributed by atoms with van der Waals surface area (Å²) >= 11 is 3.17. The molecule has 0 atom stereocenters. The number of fused-ring (bicyclic) bond motifs is 1. The number of Topliss-reactive ketones (excluding diaryl/α,β-unsaturated/α-hetero) is 1. The largest absolute Gasteiger partial charge is 0.454 e. The molecule has 0 aliphatic heterocycles. The number of halogens is 1. The summed E-state index contributed by atoms with van der Waals surface area (Å²) in [5.74, 6) is 1.03. The van der Waals surface area contributed by atoms with Crippen molar-refractivity contribution in [2.45, 2.75) is 12.8 Å². The Balaban J connectivity index is 2.59. The van der Waals surface area contributed by atoms with Gasteiger partial charge in [-0.05, 0) is 15.9 Å². The Kier molecular flexibility index (Phi) is 1.20. The van der Waals surface area contributed by atoms with Gasteiger partial charge < -0.3 is 4.42 Å². The second-order valence-electron chi connectivity index (χ2n) is 2.31. The smallest absolute Gasteiger partial charge is 0.170 e. The molecule has 1 aliphatic carbocycles. The summed E-state index contributed by atoms with van der Waals surface area (Å²) in [5, 5.41) is 0. The van der Waals surface area contributed by atoms with Gasteiger partial charge in [-0.15, -0.1) is 0 Å². The molecule has 0 bridgehead atoms. The van der Waals surface area contributed by atoms with E-state index in [4.69, 9.17) is 4.42 Å². The van der Waals surface area contributed by atoms with Crippen LogP contribution in [0.1, 0.15) is 22.5 Å². The minimum absolute atomic E-state index is 0.199. The first kappa shape index (κ1) is 6.16. The van der Waals surface area contributed by atoms with Crippen molar-refractivity contribution < 1.29 is 9.21 Å². The number of carbonyl (C=O) groups is 1. The number of carbonyl (C=O) groups excluding carboxylic acids is 1. The summed E-state index contributed by atoms with van der Waals surface area (Å²) < 4.78 is 5.85. The summed E-state index contributed by atoms with van der Waals surface area (Å²) in [6.07, 6.45) is 1.38. The van der Waals surface area contributed by atoms with Crippen molar-refractivity contribution in [2.24, 2.45) is 0 Å². The molecule has 0 fully saturated rings. The average Bonchev–Trinajstić information content (AvgIpc) is 2.35. The number of furan rings is 1. The quantitative estimate of drug-likeness (QED) is 0.643. The molecule has 10 heavy (non-hydrogen) atoms. The Morgan fingerprint density at radius 1 is 1.50 bits per heavy atom. The predicted octanol–water partition coefficient (Wildman–Crippen LogP) is 2.17. The Morgan fingerprint density at radius 3 is 3.00 bits per heavy atom. The zero-order chi connectivity index (χ0) is 7.14. The van der Waals surface area contributed by atoms with Crippen LogP contribution in [0.25, 0.3) is 0 Å². The number of rotatable bonds is 0. The topological polar surface area (TPSA) is 30.2 Å². The van der Waals surface area contributed by atoms with Crippen LogP contribution in [-0.2, 0) is 6.42 Å². The van der Waals surface area contributed by atoms with Crippen LogP contribution in [-0.4, -0.2) is 5.78 Å². The molecule has 1 aliphatic rings. The normalized spacial score (nSPS) is 15.9. The molecule has 0 N–H and O–H groups in total. The van der Waals surface area contributed by atoms with Crippen LogP contribution < -0.4 is 0 Å². The van der Waals surface area contributed by atoms with Crippen LogP contribution >= 0.6 is 15.9 Å². The van der Waals surface area contributed by atoms with E-state index < -0.39 is 0 Å². The van der Waals surface area contributed by atoms with E-state index in [1.165, 1.54) is 0 Å². The molecule has 0 saturated heterocycles. The van der Waals surface area contributed by atoms with Crippen molar-refractivity contribution in [1.82, 2.24) is 0 Å². The summed E-state index contributed by atoms with van der Waals surface area (Å²) in [7, 11) is 0. The van der Waals surface area contributed by atoms with E-state index in [1.54, 1.807) is 6.07 Å². The molecule has 0 saturated carbocycles. The second kappa shape index (κ2) is 1.95. The minimum atomic E-state index is 0.199. The lowest BCUT2D eigenvalue weighted by Gasteiger charge is -1.81. The number of ketones is 1. The highest BCUT2D eigenvalue weighted by Crippen LogP contribution is 2.27. The fraction of sp³-hybridized carbons (Fsp3) is 0.286. The lowest BCUT2D eigenvalue weighted by atomic mass is 10.2. The molecule has 3 heteroatoms. The van der Waals surface area contributed by atoms with E-state index in [1.807, 2.05) is 0 Å². The monoisotopic (exact) mass is 200 g/mol. The molecule has 0 spiro atoms. The lowest BCUT2D eigenvalue weighted by molar-refractivity contribution is 0.0994. The van der Waals surface area contributed by atoms with Crippen LogP contribution in [0.2, 0.25) is 0 Å². The molecular weight excluding hydrogens is 196 g/mol. The molecule has 2 rings (SSSR count). The van der Waals surface area contributed by atoms with Gasteiger partial charge >= 0.3 is 0 Å². The highest BCUT2D eigenvalue weighted by Gasteiger charge is 2.23. The molecule has 0 amide bonds. The van der Waals surface area contributed by atoms with Crippen LogP contribution in [0.5, 0.6) is 0 Å². The summed E-state index contributed by atoms with van der Waals surface area (Å²) in [6, 6.07) is 1.74. The predicted molar refractivity (Wildman–Crippen MR) is 39.1 cm³/mol. The first-order valence-corrected chi connectivity index (χ1v) is 3.88. The van der Waals surface area contributed by atoms with Gasteiger partial charge in [0.15, 0.2) is 10.5 Å². The molecule has 1 heterocycles. The van der Waals surface area contributed by atoms with Gasteiger partial charge in [-0.25, -0.2) is 0 Å². The van der Waals surface area contributed by atoms with Crippen LogP contribution in [0.3, 0.4) is 0 Å². The van der Waals surface area contributed by atoms with Gasteiger partial charge in [0.25, 0.3) is 0 Å². The average molecular weight is 201 g/mol. The van der Waals surface area contributed by atoms with E-state index in [-0.39, 0.29) is 5.78 Å². The Hall–Kier alpha value is -0.570. The Labute approximate surface area is 66.3 Å². The van der Waals surface area contributed by atoms with E-state index in [9.17, 15) is 4.79 Å². The van der Waals surface area contributed by atoms with Gasteiger partial charge in [0.05, 0.1) is 5.56 Å². The Bertz CT molecular complexity index is 288. The van der Waals surface area contributed by atoms with Crippen LogP contribution in [0.15, 0.2) is 15.2 Å². The fourth-order valence-corrected chi connectivity index (χ4v) is 1.60. The third-order valence-electron chi connectivity index (χ3n) is 1.66. The zero-order valence-electron chi connectivity index (χ0n) is 5.19. The SMILES string of the molecule is O=C1CCc2oc(Br)cc21. The van der Waals surface area contributed by atoms with Gasteiger partial charge in [0.1, 0.15) is 5.76 Å².